The quantitative estimate of drug-likeness (QED) is 0.787. The number of amides is 1. The first-order chi connectivity index (χ1) is 8.20. The topological polar surface area (TPSA) is 55.6 Å². The van der Waals surface area contributed by atoms with Gasteiger partial charge in [-0.2, -0.15) is 0 Å². The zero-order chi connectivity index (χ0) is 12.3. The van der Waals surface area contributed by atoms with Crippen LogP contribution in [-0.4, -0.2) is 42.1 Å². The van der Waals surface area contributed by atoms with E-state index in [0.29, 0.717) is 12.1 Å². The maximum absolute atomic E-state index is 11.9. The summed E-state index contributed by atoms with van der Waals surface area (Å²) >= 11 is 0. The molecular weight excluding hydrogens is 216 g/mol. The Hall–Kier alpha value is -0.610. The Bertz CT molecular complexity index is 258. The van der Waals surface area contributed by atoms with Crippen LogP contribution < -0.4 is 5.73 Å². The van der Waals surface area contributed by atoms with Gasteiger partial charge in [0.25, 0.3) is 0 Å². The standard InChI is InChI=1S/C13H24N2O2/c1-2-15(11-5-6-11)13(16)9-17-12-7-3-10(14)4-8-12/h10-12H,2-9,14H2,1H3. The highest BCUT2D eigenvalue weighted by molar-refractivity contribution is 5.78. The average Bonchev–Trinajstić information content (AvgIpc) is 3.14. The van der Waals surface area contributed by atoms with Gasteiger partial charge in [0.15, 0.2) is 0 Å². The minimum atomic E-state index is 0.157. The second kappa shape index (κ2) is 5.83. The molecule has 0 bridgehead atoms. The zero-order valence-corrected chi connectivity index (χ0v) is 10.7. The third-order valence-corrected chi connectivity index (χ3v) is 3.81. The molecule has 0 atom stereocenters. The van der Waals surface area contributed by atoms with Gasteiger partial charge in [-0.05, 0) is 45.4 Å². The van der Waals surface area contributed by atoms with Crippen molar-refractivity contribution in [2.45, 2.75) is 63.6 Å². The summed E-state index contributed by atoms with van der Waals surface area (Å²) in [5.41, 5.74) is 5.84. The third kappa shape index (κ3) is 3.68. The number of carbonyl (C=O) groups is 1. The Labute approximate surface area is 103 Å². The van der Waals surface area contributed by atoms with Gasteiger partial charge in [0, 0.05) is 18.6 Å². The number of carbonyl (C=O) groups excluding carboxylic acids is 1. The highest BCUT2D eigenvalue weighted by Gasteiger charge is 2.31. The van der Waals surface area contributed by atoms with Crippen LogP contribution in [0.3, 0.4) is 0 Å². The monoisotopic (exact) mass is 240 g/mol. The highest BCUT2D eigenvalue weighted by Crippen LogP contribution is 2.27. The summed E-state index contributed by atoms with van der Waals surface area (Å²) in [5, 5.41) is 0. The van der Waals surface area contributed by atoms with Crippen molar-refractivity contribution in [3.05, 3.63) is 0 Å². The van der Waals surface area contributed by atoms with Gasteiger partial charge in [-0.3, -0.25) is 4.79 Å². The molecule has 0 heterocycles. The second-order valence-electron chi connectivity index (χ2n) is 5.26. The van der Waals surface area contributed by atoms with Crippen molar-refractivity contribution in [2.24, 2.45) is 5.73 Å². The number of nitrogens with zero attached hydrogens (tertiary/aromatic N) is 1. The molecule has 4 nitrogen and oxygen atoms in total. The van der Waals surface area contributed by atoms with Crippen molar-refractivity contribution in [3.63, 3.8) is 0 Å². The summed E-state index contributed by atoms with van der Waals surface area (Å²) < 4.78 is 5.71. The molecule has 2 fully saturated rings. The Morgan fingerprint density at radius 1 is 1.24 bits per heavy atom. The van der Waals surface area contributed by atoms with Gasteiger partial charge in [0.2, 0.25) is 5.91 Å². The van der Waals surface area contributed by atoms with E-state index in [1.54, 1.807) is 0 Å². The van der Waals surface area contributed by atoms with E-state index >= 15 is 0 Å². The van der Waals surface area contributed by atoms with Crippen molar-refractivity contribution < 1.29 is 9.53 Å². The molecule has 4 heteroatoms. The smallest absolute Gasteiger partial charge is 0.248 e. The van der Waals surface area contributed by atoms with Crippen molar-refractivity contribution in [1.29, 1.82) is 0 Å². The van der Waals surface area contributed by atoms with Crippen LogP contribution in [0.4, 0.5) is 0 Å². The zero-order valence-electron chi connectivity index (χ0n) is 10.7. The lowest BCUT2D eigenvalue weighted by atomic mass is 9.94. The maximum atomic E-state index is 11.9. The van der Waals surface area contributed by atoms with Crippen LogP contribution in [0, 0.1) is 0 Å². The van der Waals surface area contributed by atoms with Crippen molar-refractivity contribution in [1.82, 2.24) is 4.90 Å². The van der Waals surface area contributed by atoms with Crippen molar-refractivity contribution in [3.8, 4) is 0 Å². The first-order valence-corrected chi connectivity index (χ1v) is 6.87. The molecule has 0 aromatic carbocycles. The van der Waals surface area contributed by atoms with E-state index < -0.39 is 0 Å². The van der Waals surface area contributed by atoms with Gasteiger partial charge in [-0.25, -0.2) is 0 Å². The first-order valence-electron chi connectivity index (χ1n) is 6.87. The largest absolute Gasteiger partial charge is 0.368 e. The Kier molecular flexibility index (Phi) is 4.40. The number of rotatable bonds is 5. The van der Waals surface area contributed by atoms with Gasteiger partial charge in [0.05, 0.1) is 6.10 Å². The SMILES string of the molecule is CCN(C(=O)COC1CCC(N)CC1)C1CC1. The summed E-state index contributed by atoms with van der Waals surface area (Å²) in [6.07, 6.45) is 6.64. The highest BCUT2D eigenvalue weighted by atomic mass is 16.5. The van der Waals surface area contributed by atoms with E-state index in [2.05, 4.69) is 0 Å². The van der Waals surface area contributed by atoms with Gasteiger partial charge in [0.1, 0.15) is 6.61 Å². The first kappa shape index (κ1) is 12.8. The lowest BCUT2D eigenvalue weighted by molar-refractivity contribution is -0.139. The number of hydrogen-bond acceptors (Lipinski definition) is 3. The summed E-state index contributed by atoms with van der Waals surface area (Å²) in [6.45, 7) is 3.10. The molecule has 0 radical (unpaired) electrons. The fourth-order valence-electron chi connectivity index (χ4n) is 2.55. The predicted molar refractivity (Wildman–Crippen MR) is 66.6 cm³/mol. The van der Waals surface area contributed by atoms with E-state index in [1.807, 2.05) is 11.8 Å². The van der Waals surface area contributed by atoms with Crippen LogP contribution in [0.15, 0.2) is 0 Å². The van der Waals surface area contributed by atoms with Crippen LogP contribution in [0.25, 0.3) is 0 Å². The number of hydrogen-bond donors (Lipinski definition) is 1. The molecule has 2 aliphatic carbocycles. The van der Waals surface area contributed by atoms with E-state index in [1.165, 1.54) is 0 Å². The molecule has 2 aliphatic rings. The van der Waals surface area contributed by atoms with Crippen LogP contribution in [0.5, 0.6) is 0 Å². The van der Waals surface area contributed by atoms with Crippen LogP contribution >= 0.6 is 0 Å². The molecule has 1 amide bonds. The summed E-state index contributed by atoms with van der Waals surface area (Å²) in [7, 11) is 0. The Morgan fingerprint density at radius 2 is 1.88 bits per heavy atom. The van der Waals surface area contributed by atoms with Crippen molar-refractivity contribution in [2.75, 3.05) is 13.2 Å². The molecule has 98 valence electrons. The molecule has 2 saturated carbocycles. The Balaban J connectivity index is 1.68. The normalized spacial score (nSPS) is 29.1. The molecule has 0 aliphatic heterocycles. The van der Waals surface area contributed by atoms with Gasteiger partial charge in [-0.1, -0.05) is 0 Å². The Morgan fingerprint density at radius 3 is 2.41 bits per heavy atom. The fraction of sp³-hybridized carbons (Fsp3) is 0.923. The average molecular weight is 240 g/mol. The van der Waals surface area contributed by atoms with E-state index in [-0.39, 0.29) is 18.6 Å². The van der Waals surface area contributed by atoms with Gasteiger partial charge < -0.3 is 15.4 Å². The van der Waals surface area contributed by atoms with E-state index in [9.17, 15) is 4.79 Å². The predicted octanol–water partition coefficient (Wildman–Crippen LogP) is 1.28. The second-order valence-corrected chi connectivity index (χ2v) is 5.26. The van der Waals surface area contributed by atoms with Crippen LogP contribution in [0.2, 0.25) is 0 Å². The molecule has 2 N–H and O–H groups in total. The molecule has 0 spiro atoms. The maximum Gasteiger partial charge on any atom is 0.248 e. The number of nitrogens with two attached hydrogens (primary N) is 1. The minimum Gasteiger partial charge on any atom is -0.368 e. The van der Waals surface area contributed by atoms with Crippen LogP contribution in [-0.2, 0) is 9.53 Å². The summed E-state index contributed by atoms with van der Waals surface area (Å²) in [4.78, 5) is 13.9. The molecule has 0 unspecified atom stereocenters. The van der Waals surface area contributed by atoms with Gasteiger partial charge >= 0.3 is 0 Å². The summed E-state index contributed by atoms with van der Waals surface area (Å²) in [5.74, 6) is 0.157. The number of ether oxygens (including phenoxy) is 1. The lowest BCUT2D eigenvalue weighted by Gasteiger charge is -2.27. The fourth-order valence-corrected chi connectivity index (χ4v) is 2.55. The molecule has 17 heavy (non-hydrogen) atoms. The van der Waals surface area contributed by atoms with E-state index in [4.69, 9.17) is 10.5 Å². The molecule has 0 aromatic heterocycles. The minimum absolute atomic E-state index is 0.157. The molecule has 2 rings (SSSR count). The number of likely N-dealkylation sites (N-methyl/N-ethyl adjacent to an activating group) is 1. The lowest BCUT2D eigenvalue weighted by Crippen LogP contribution is -2.38. The van der Waals surface area contributed by atoms with Gasteiger partial charge in [-0.15, -0.1) is 0 Å². The summed E-state index contributed by atoms with van der Waals surface area (Å²) in [6, 6.07) is 0.833. The van der Waals surface area contributed by atoms with Crippen molar-refractivity contribution >= 4 is 5.91 Å². The molecule has 0 saturated heterocycles. The van der Waals surface area contributed by atoms with E-state index in [0.717, 1.165) is 45.1 Å². The molecular formula is C13H24N2O2. The molecule has 0 aromatic rings. The van der Waals surface area contributed by atoms with Crippen LogP contribution in [0.1, 0.15) is 45.4 Å². The third-order valence-electron chi connectivity index (χ3n) is 3.81.